The van der Waals surface area contributed by atoms with Gasteiger partial charge in [0.1, 0.15) is 11.0 Å². The fourth-order valence-corrected chi connectivity index (χ4v) is 2.80. The molecule has 0 atom stereocenters. The summed E-state index contributed by atoms with van der Waals surface area (Å²) in [5.41, 5.74) is 0.533. The Morgan fingerprint density at radius 1 is 1.28 bits per heavy atom. The molecule has 0 radical (unpaired) electrons. The minimum Gasteiger partial charge on any atom is -0.292 e. The van der Waals surface area contributed by atoms with Gasteiger partial charge in [-0.05, 0) is 19.3 Å². The van der Waals surface area contributed by atoms with Crippen LogP contribution in [0.25, 0.3) is 11.0 Å². The van der Waals surface area contributed by atoms with E-state index in [0.29, 0.717) is 23.5 Å². The van der Waals surface area contributed by atoms with E-state index < -0.39 is 5.69 Å². The van der Waals surface area contributed by atoms with Crippen LogP contribution in [0.2, 0.25) is 0 Å². The zero-order chi connectivity index (χ0) is 12.7. The lowest BCUT2D eigenvalue weighted by Gasteiger charge is -2.10. The Balaban J connectivity index is 2.32. The summed E-state index contributed by atoms with van der Waals surface area (Å²) in [5, 5.41) is 5.05. The number of H-pyrrole nitrogens is 2. The molecular formula is C12H16N4O2. The van der Waals surface area contributed by atoms with Crippen LogP contribution >= 0.6 is 0 Å². The molecule has 0 aliphatic heterocycles. The van der Waals surface area contributed by atoms with Crippen molar-refractivity contribution in [3.63, 3.8) is 0 Å². The summed E-state index contributed by atoms with van der Waals surface area (Å²) in [4.78, 5) is 28.3. The van der Waals surface area contributed by atoms with Crippen molar-refractivity contribution in [3.8, 4) is 0 Å². The molecule has 6 nitrogen and oxygen atoms in total. The van der Waals surface area contributed by atoms with Crippen LogP contribution in [-0.4, -0.2) is 19.7 Å². The van der Waals surface area contributed by atoms with E-state index in [1.54, 1.807) is 0 Å². The van der Waals surface area contributed by atoms with E-state index in [9.17, 15) is 9.59 Å². The molecule has 2 heterocycles. The number of hydrogen-bond acceptors (Lipinski definition) is 3. The van der Waals surface area contributed by atoms with Gasteiger partial charge in [-0.15, -0.1) is 0 Å². The molecule has 1 saturated carbocycles. The van der Waals surface area contributed by atoms with Gasteiger partial charge >= 0.3 is 5.69 Å². The van der Waals surface area contributed by atoms with E-state index in [1.807, 2.05) is 11.6 Å². The smallest absolute Gasteiger partial charge is 0.292 e. The van der Waals surface area contributed by atoms with Crippen LogP contribution < -0.4 is 11.2 Å². The lowest BCUT2D eigenvalue weighted by atomic mass is 10.2. The molecule has 6 heteroatoms. The average molecular weight is 248 g/mol. The molecule has 0 aromatic carbocycles. The van der Waals surface area contributed by atoms with Crippen LogP contribution in [-0.2, 0) is 6.42 Å². The maximum atomic E-state index is 11.9. The summed E-state index contributed by atoms with van der Waals surface area (Å²) in [5.74, 6) is 0. The second-order valence-electron chi connectivity index (χ2n) is 4.81. The lowest BCUT2D eigenvalue weighted by molar-refractivity contribution is 0.474. The highest BCUT2D eigenvalue weighted by molar-refractivity contribution is 5.77. The SMILES string of the molecule is CCc1nn(C2CCCC2)c2[nH]c(=O)[nH]c(=O)c12. The number of aromatic nitrogens is 4. The Morgan fingerprint density at radius 2 is 2.00 bits per heavy atom. The average Bonchev–Trinajstić information content (AvgIpc) is 2.94. The molecule has 1 aliphatic carbocycles. The van der Waals surface area contributed by atoms with Gasteiger partial charge in [0.15, 0.2) is 0 Å². The number of aryl methyl sites for hydroxylation is 1. The highest BCUT2D eigenvalue weighted by Crippen LogP contribution is 2.31. The molecule has 0 unspecified atom stereocenters. The van der Waals surface area contributed by atoms with Crippen molar-refractivity contribution in [2.24, 2.45) is 0 Å². The third-order valence-electron chi connectivity index (χ3n) is 3.67. The lowest BCUT2D eigenvalue weighted by Crippen LogP contribution is -2.23. The van der Waals surface area contributed by atoms with Crippen molar-refractivity contribution < 1.29 is 0 Å². The fourth-order valence-electron chi connectivity index (χ4n) is 2.80. The molecule has 1 fully saturated rings. The van der Waals surface area contributed by atoms with Crippen molar-refractivity contribution in [3.05, 3.63) is 26.5 Å². The number of nitrogens with one attached hydrogen (secondary N) is 2. The summed E-state index contributed by atoms with van der Waals surface area (Å²) < 4.78 is 1.85. The molecule has 96 valence electrons. The first-order chi connectivity index (χ1) is 8.70. The van der Waals surface area contributed by atoms with Gasteiger partial charge in [-0.1, -0.05) is 19.8 Å². The van der Waals surface area contributed by atoms with Crippen molar-refractivity contribution >= 4 is 11.0 Å². The maximum Gasteiger partial charge on any atom is 0.327 e. The first kappa shape index (κ1) is 11.3. The second-order valence-corrected chi connectivity index (χ2v) is 4.81. The Morgan fingerprint density at radius 3 is 2.67 bits per heavy atom. The highest BCUT2D eigenvalue weighted by atomic mass is 16.2. The molecule has 0 spiro atoms. The van der Waals surface area contributed by atoms with Crippen LogP contribution in [0, 0.1) is 0 Å². The van der Waals surface area contributed by atoms with Crippen LogP contribution in [0.4, 0.5) is 0 Å². The van der Waals surface area contributed by atoms with E-state index in [0.717, 1.165) is 18.5 Å². The fraction of sp³-hybridized carbons (Fsp3) is 0.583. The third kappa shape index (κ3) is 1.60. The van der Waals surface area contributed by atoms with Crippen LogP contribution in [0.15, 0.2) is 9.59 Å². The number of fused-ring (bicyclic) bond motifs is 1. The van der Waals surface area contributed by atoms with Crippen molar-refractivity contribution in [1.29, 1.82) is 0 Å². The van der Waals surface area contributed by atoms with Gasteiger partial charge in [-0.2, -0.15) is 5.10 Å². The summed E-state index contributed by atoms with van der Waals surface area (Å²) in [6.45, 7) is 1.96. The predicted octanol–water partition coefficient (Wildman–Crippen LogP) is 1.09. The van der Waals surface area contributed by atoms with Gasteiger partial charge in [0.05, 0.1) is 11.7 Å². The summed E-state index contributed by atoms with van der Waals surface area (Å²) in [6, 6.07) is 0.310. The first-order valence-corrected chi connectivity index (χ1v) is 6.44. The molecule has 0 amide bonds. The molecule has 2 aromatic rings. The Labute approximate surface area is 103 Å². The van der Waals surface area contributed by atoms with Gasteiger partial charge in [-0.25, -0.2) is 9.48 Å². The summed E-state index contributed by atoms with van der Waals surface area (Å²) in [6.07, 6.45) is 5.18. The highest BCUT2D eigenvalue weighted by Gasteiger charge is 2.23. The molecule has 2 N–H and O–H groups in total. The van der Waals surface area contributed by atoms with E-state index >= 15 is 0 Å². The van der Waals surface area contributed by atoms with Gasteiger partial charge in [-0.3, -0.25) is 14.8 Å². The van der Waals surface area contributed by atoms with E-state index in [1.165, 1.54) is 12.8 Å². The zero-order valence-corrected chi connectivity index (χ0v) is 10.3. The number of nitrogens with zero attached hydrogens (tertiary/aromatic N) is 2. The standard InChI is InChI=1S/C12H16N4O2/c1-2-8-9-10(13-12(18)14-11(9)17)16(15-8)7-5-3-4-6-7/h7H,2-6H2,1H3,(H2,13,14,17,18). The number of aromatic amines is 2. The zero-order valence-electron chi connectivity index (χ0n) is 10.3. The largest absolute Gasteiger partial charge is 0.327 e. The van der Waals surface area contributed by atoms with Crippen molar-refractivity contribution in [2.75, 3.05) is 0 Å². The van der Waals surface area contributed by atoms with E-state index in [4.69, 9.17) is 0 Å². The molecule has 18 heavy (non-hydrogen) atoms. The Kier molecular flexibility index (Phi) is 2.57. The van der Waals surface area contributed by atoms with Crippen LogP contribution in [0.3, 0.4) is 0 Å². The molecule has 0 saturated heterocycles. The predicted molar refractivity (Wildman–Crippen MR) is 67.9 cm³/mol. The molecule has 2 aromatic heterocycles. The quantitative estimate of drug-likeness (QED) is 0.834. The molecule has 3 rings (SSSR count). The third-order valence-corrected chi connectivity index (χ3v) is 3.67. The normalized spacial score (nSPS) is 16.7. The van der Waals surface area contributed by atoms with Crippen molar-refractivity contribution in [1.82, 2.24) is 19.7 Å². The topological polar surface area (TPSA) is 83.5 Å². The van der Waals surface area contributed by atoms with Crippen LogP contribution in [0.5, 0.6) is 0 Å². The number of rotatable bonds is 2. The van der Waals surface area contributed by atoms with E-state index in [-0.39, 0.29) is 5.56 Å². The number of hydrogen-bond donors (Lipinski definition) is 2. The monoisotopic (exact) mass is 248 g/mol. The summed E-state index contributed by atoms with van der Waals surface area (Å²) >= 11 is 0. The Bertz CT molecular complexity index is 688. The Hall–Kier alpha value is -1.85. The maximum absolute atomic E-state index is 11.9. The van der Waals surface area contributed by atoms with E-state index in [2.05, 4.69) is 15.1 Å². The second kappa shape index (κ2) is 4.12. The first-order valence-electron chi connectivity index (χ1n) is 6.44. The molecular weight excluding hydrogens is 232 g/mol. The minimum atomic E-state index is -0.464. The molecule has 1 aliphatic rings. The van der Waals surface area contributed by atoms with Gasteiger partial charge < -0.3 is 0 Å². The van der Waals surface area contributed by atoms with Gasteiger partial charge in [0.2, 0.25) is 0 Å². The van der Waals surface area contributed by atoms with Crippen LogP contribution in [0.1, 0.15) is 44.3 Å². The van der Waals surface area contributed by atoms with Crippen molar-refractivity contribution in [2.45, 2.75) is 45.1 Å². The molecule has 0 bridgehead atoms. The summed E-state index contributed by atoms with van der Waals surface area (Å²) in [7, 11) is 0. The van der Waals surface area contributed by atoms with Gasteiger partial charge in [0.25, 0.3) is 5.56 Å². The minimum absolute atomic E-state index is 0.310. The van der Waals surface area contributed by atoms with Gasteiger partial charge in [0, 0.05) is 0 Å².